The molecule has 1 amide bonds. The highest BCUT2D eigenvalue weighted by Gasteiger charge is 2.58. The number of rotatable bonds is 5. The summed E-state index contributed by atoms with van der Waals surface area (Å²) in [5, 5.41) is 11.2. The van der Waals surface area contributed by atoms with Crippen LogP contribution in [0, 0.1) is 5.41 Å². The lowest BCUT2D eigenvalue weighted by Crippen LogP contribution is -2.67. The molecule has 2 heterocycles. The van der Waals surface area contributed by atoms with Gasteiger partial charge >= 0.3 is 0 Å². The van der Waals surface area contributed by atoms with E-state index in [1.54, 1.807) is 6.20 Å². The molecule has 7 heteroatoms. The second kappa shape index (κ2) is 7.87. The quantitative estimate of drug-likeness (QED) is 0.819. The van der Waals surface area contributed by atoms with Gasteiger partial charge in [0.25, 0.3) is 0 Å². The predicted octanol–water partition coefficient (Wildman–Crippen LogP) is 2.24. The van der Waals surface area contributed by atoms with E-state index in [0.717, 1.165) is 39.0 Å². The minimum absolute atomic E-state index is 0. The van der Waals surface area contributed by atoms with Gasteiger partial charge in [-0.3, -0.25) is 9.48 Å². The van der Waals surface area contributed by atoms with Gasteiger partial charge in [0.05, 0.1) is 6.10 Å². The Morgan fingerprint density at radius 2 is 2.04 bits per heavy atom. The molecule has 0 bridgehead atoms. The first kappa shape index (κ1) is 19.6. The van der Waals surface area contributed by atoms with Crippen molar-refractivity contribution in [1.29, 1.82) is 0 Å². The SMILES string of the molecule is CCOC1CC(NC(=O)C2(n3cccn3)CCNCC2)C12CCCC2.Cl. The molecule has 2 atom stereocenters. The zero-order chi connectivity index (χ0) is 17.3. The van der Waals surface area contributed by atoms with Gasteiger partial charge in [-0.2, -0.15) is 5.10 Å². The molecule has 2 N–H and O–H groups in total. The first-order chi connectivity index (χ1) is 12.2. The molecule has 3 aliphatic rings. The van der Waals surface area contributed by atoms with Crippen LogP contribution < -0.4 is 10.6 Å². The fourth-order valence-electron chi connectivity index (χ4n) is 5.30. The Morgan fingerprint density at radius 3 is 2.65 bits per heavy atom. The Morgan fingerprint density at radius 1 is 1.31 bits per heavy atom. The molecule has 2 unspecified atom stereocenters. The lowest BCUT2D eigenvalue weighted by atomic mass is 9.60. The summed E-state index contributed by atoms with van der Waals surface area (Å²) in [7, 11) is 0. The van der Waals surface area contributed by atoms with Crippen molar-refractivity contribution in [1.82, 2.24) is 20.4 Å². The van der Waals surface area contributed by atoms with Crippen LogP contribution in [0.15, 0.2) is 18.5 Å². The molecule has 26 heavy (non-hydrogen) atoms. The molecule has 1 aliphatic heterocycles. The van der Waals surface area contributed by atoms with Crippen LogP contribution in [0.4, 0.5) is 0 Å². The first-order valence-corrected chi connectivity index (χ1v) is 9.85. The van der Waals surface area contributed by atoms with Gasteiger partial charge in [0.1, 0.15) is 5.54 Å². The number of aromatic nitrogens is 2. The van der Waals surface area contributed by atoms with Crippen LogP contribution in [0.3, 0.4) is 0 Å². The van der Waals surface area contributed by atoms with E-state index >= 15 is 0 Å². The second-order valence-electron chi connectivity index (χ2n) is 7.88. The van der Waals surface area contributed by atoms with Crippen LogP contribution >= 0.6 is 12.4 Å². The van der Waals surface area contributed by atoms with Crippen molar-refractivity contribution >= 4 is 18.3 Å². The van der Waals surface area contributed by atoms with E-state index in [4.69, 9.17) is 4.74 Å². The maximum absolute atomic E-state index is 13.4. The molecule has 1 aromatic rings. The van der Waals surface area contributed by atoms with Crippen LogP contribution in [0.1, 0.15) is 51.9 Å². The summed E-state index contributed by atoms with van der Waals surface area (Å²) < 4.78 is 7.87. The Bertz CT molecular complexity index is 595. The maximum Gasteiger partial charge on any atom is 0.248 e. The summed E-state index contributed by atoms with van der Waals surface area (Å²) in [6.07, 6.45) is 11.4. The van der Waals surface area contributed by atoms with Crippen LogP contribution in [0.25, 0.3) is 0 Å². The van der Waals surface area contributed by atoms with Crippen LogP contribution in [0.2, 0.25) is 0 Å². The highest BCUT2D eigenvalue weighted by Crippen LogP contribution is 2.55. The molecule has 1 aromatic heterocycles. The lowest BCUT2D eigenvalue weighted by Gasteiger charge is -2.54. The third-order valence-corrected chi connectivity index (χ3v) is 6.79. The molecular weight excluding hydrogens is 352 g/mol. The maximum atomic E-state index is 13.4. The number of carbonyl (C=O) groups is 1. The average Bonchev–Trinajstić information content (AvgIpc) is 3.34. The molecule has 146 valence electrons. The highest BCUT2D eigenvalue weighted by atomic mass is 35.5. The van der Waals surface area contributed by atoms with Crippen molar-refractivity contribution in [3.8, 4) is 0 Å². The molecule has 0 radical (unpaired) electrons. The summed E-state index contributed by atoms with van der Waals surface area (Å²) >= 11 is 0. The zero-order valence-electron chi connectivity index (χ0n) is 15.6. The van der Waals surface area contributed by atoms with E-state index in [2.05, 4.69) is 22.7 Å². The Kier molecular flexibility index (Phi) is 5.94. The minimum atomic E-state index is -0.550. The number of hydrogen-bond acceptors (Lipinski definition) is 4. The van der Waals surface area contributed by atoms with Crippen molar-refractivity contribution in [3.63, 3.8) is 0 Å². The molecule has 3 fully saturated rings. The van der Waals surface area contributed by atoms with Gasteiger partial charge in [-0.1, -0.05) is 12.8 Å². The van der Waals surface area contributed by atoms with Gasteiger partial charge in [-0.15, -0.1) is 12.4 Å². The average molecular weight is 383 g/mol. The monoisotopic (exact) mass is 382 g/mol. The van der Waals surface area contributed by atoms with Crippen molar-refractivity contribution in [3.05, 3.63) is 18.5 Å². The Labute approximate surface area is 161 Å². The Balaban J connectivity index is 0.00000196. The summed E-state index contributed by atoms with van der Waals surface area (Å²) in [5.41, 5.74) is -0.380. The van der Waals surface area contributed by atoms with E-state index in [0.29, 0.717) is 6.10 Å². The van der Waals surface area contributed by atoms with Gasteiger partial charge in [-0.25, -0.2) is 0 Å². The van der Waals surface area contributed by atoms with Gasteiger partial charge in [0.15, 0.2) is 0 Å². The molecule has 1 spiro atoms. The fraction of sp³-hybridized carbons (Fsp3) is 0.789. The third-order valence-electron chi connectivity index (χ3n) is 6.79. The second-order valence-corrected chi connectivity index (χ2v) is 7.88. The number of amides is 1. The van der Waals surface area contributed by atoms with Crippen LogP contribution in [-0.4, -0.2) is 47.5 Å². The van der Waals surface area contributed by atoms with Crippen LogP contribution in [-0.2, 0) is 15.1 Å². The summed E-state index contributed by atoms with van der Waals surface area (Å²) in [6, 6.07) is 2.16. The number of halogens is 1. The summed E-state index contributed by atoms with van der Waals surface area (Å²) in [6.45, 7) is 4.53. The number of hydrogen-bond donors (Lipinski definition) is 2. The lowest BCUT2D eigenvalue weighted by molar-refractivity contribution is -0.151. The highest BCUT2D eigenvalue weighted by molar-refractivity contribution is 5.85. The first-order valence-electron chi connectivity index (χ1n) is 9.85. The standard InChI is InChI=1S/C19H30N4O2.ClH/c1-2-25-16-14-15(18(16)6-3-4-7-18)22-17(24)19(8-11-20-12-9-19)23-13-5-10-21-23;/h5,10,13,15-16,20H,2-4,6-9,11-12,14H2,1H3,(H,22,24);1H. The number of nitrogens with one attached hydrogen (secondary N) is 2. The van der Waals surface area contributed by atoms with Gasteiger partial charge < -0.3 is 15.4 Å². The van der Waals surface area contributed by atoms with E-state index < -0.39 is 5.54 Å². The van der Waals surface area contributed by atoms with Crippen molar-refractivity contribution in [2.45, 2.75) is 69.6 Å². The van der Waals surface area contributed by atoms with Crippen LogP contribution in [0.5, 0.6) is 0 Å². The van der Waals surface area contributed by atoms with Crippen molar-refractivity contribution in [2.24, 2.45) is 5.41 Å². The zero-order valence-corrected chi connectivity index (χ0v) is 16.4. The largest absolute Gasteiger partial charge is 0.378 e. The summed E-state index contributed by atoms with van der Waals surface area (Å²) in [5.74, 6) is 0.143. The minimum Gasteiger partial charge on any atom is -0.378 e. The molecule has 2 saturated carbocycles. The van der Waals surface area contributed by atoms with E-state index in [1.807, 2.05) is 16.9 Å². The van der Waals surface area contributed by atoms with E-state index in [1.165, 1.54) is 25.7 Å². The van der Waals surface area contributed by atoms with E-state index in [9.17, 15) is 4.79 Å². The molecule has 0 aromatic carbocycles. The van der Waals surface area contributed by atoms with Crippen molar-refractivity contribution < 1.29 is 9.53 Å². The number of nitrogens with zero attached hydrogens (tertiary/aromatic N) is 2. The fourth-order valence-corrected chi connectivity index (χ4v) is 5.30. The third kappa shape index (κ3) is 3.06. The van der Waals surface area contributed by atoms with Gasteiger partial charge in [-0.05, 0) is 58.2 Å². The predicted molar refractivity (Wildman–Crippen MR) is 102 cm³/mol. The molecule has 4 rings (SSSR count). The van der Waals surface area contributed by atoms with Gasteiger partial charge in [0, 0.05) is 30.5 Å². The van der Waals surface area contributed by atoms with Gasteiger partial charge in [0.2, 0.25) is 5.91 Å². The Hall–Kier alpha value is -1.11. The topological polar surface area (TPSA) is 68.2 Å². The number of carbonyl (C=O) groups excluding carboxylic acids is 1. The molecule has 1 saturated heterocycles. The number of ether oxygens (including phenoxy) is 1. The molecule has 6 nitrogen and oxygen atoms in total. The van der Waals surface area contributed by atoms with Crippen molar-refractivity contribution in [2.75, 3.05) is 19.7 Å². The number of piperidine rings is 1. The normalized spacial score (nSPS) is 29.0. The summed E-state index contributed by atoms with van der Waals surface area (Å²) in [4.78, 5) is 13.4. The van der Waals surface area contributed by atoms with E-state index in [-0.39, 0.29) is 29.8 Å². The smallest absolute Gasteiger partial charge is 0.248 e. The molecule has 2 aliphatic carbocycles. The molecular formula is C19H31ClN4O2.